The Morgan fingerprint density at radius 1 is 1.26 bits per heavy atom. The minimum absolute atomic E-state index is 0.328. The molecule has 23 heavy (non-hydrogen) atoms. The van der Waals surface area contributed by atoms with Crippen LogP contribution in [0.3, 0.4) is 0 Å². The lowest BCUT2D eigenvalue weighted by molar-refractivity contribution is -0.142. The third-order valence-corrected chi connectivity index (χ3v) is 4.23. The molecule has 5 heteroatoms. The molecule has 2 aromatic rings. The number of anilines is 1. The van der Waals surface area contributed by atoms with E-state index in [9.17, 15) is 9.90 Å². The molecular weight excluding hydrogens is 290 g/mol. The fourth-order valence-electron chi connectivity index (χ4n) is 3.15. The van der Waals surface area contributed by atoms with E-state index in [1.54, 1.807) is 6.20 Å². The summed E-state index contributed by atoms with van der Waals surface area (Å²) < 4.78 is 0. The summed E-state index contributed by atoms with van der Waals surface area (Å²) >= 11 is 0. The van der Waals surface area contributed by atoms with E-state index in [1.807, 2.05) is 24.3 Å². The molecule has 2 unspecified atom stereocenters. The van der Waals surface area contributed by atoms with E-state index in [4.69, 9.17) is 0 Å². The third kappa shape index (κ3) is 3.86. The zero-order valence-electron chi connectivity index (χ0n) is 13.2. The van der Waals surface area contributed by atoms with Crippen molar-refractivity contribution >= 4 is 11.8 Å². The molecule has 3 rings (SSSR count). The minimum Gasteiger partial charge on any atom is -0.481 e. The summed E-state index contributed by atoms with van der Waals surface area (Å²) in [7, 11) is 0. The molecule has 2 atom stereocenters. The molecule has 0 bridgehead atoms. The first-order chi connectivity index (χ1) is 11.1. The quantitative estimate of drug-likeness (QED) is 0.940. The summed E-state index contributed by atoms with van der Waals surface area (Å²) in [5.74, 6) is 0.881. The highest BCUT2D eigenvalue weighted by atomic mass is 16.4. The maximum Gasteiger partial charge on any atom is 0.308 e. The molecule has 1 aliphatic heterocycles. The highest BCUT2D eigenvalue weighted by Crippen LogP contribution is 2.25. The number of aliphatic carboxylic acids is 1. The number of carboxylic acids is 1. The zero-order valence-corrected chi connectivity index (χ0v) is 13.2. The molecule has 0 aliphatic carbocycles. The van der Waals surface area contributed by atoms with Gasteiger partial charge in [-0.3, -0.25) is 4.79 Å². The number of hydrogen-bond acceptors (Lipinski definition) is 4. The summed E-state index contributed by atoms with van der Waals surface area (Å²) in [6.45, 7) is 3.45. The maximum atomic E-state index is 11.3. The van der Waals surface area contributed by atoms with E-state index in [0.29, 0.717) is 18.9 Å². The van der Waals surface area contributed by atoms with Gasteiger partial charge in [-0.05, 0) is 24.0 Å². The van der Waals surface area contributed by atoms with E-state index in [2.05, 4.69) is 33.9 Å². The van der Waals surface area contributed by atoms with Gasteiger partial charge in [0.1, 0.15) is 11.6 Å². The largest absolute Gasteiger partial charge is 0.481 e. The predicted octanol–water partition coefficient (Wildman–Crippen LogP) is 2.61. The molecule has 1 aromatic heterocycles. The Balaban J connectivity index is 1.77. The van der Waals surface area contributed by atoms with Crippen LogP contribution in [0.1, 0.15) is 24.7 Å². The van der Waals surface area contributed by atoms with Crippen molar-refractivity contribution in [3.63, 3.8) is 0 Å². The summed E-state index contributed by atoms with van der Waals surface area (Å²) in [5.41, 5.74) is 1.17. The summed E-state index contributed by atoms with van der Waals surface area (Å²) in [6, 6.07) is 12.0. The lowest BCUT2D eigenvalue weighted by Gasteiger charge is -2.35. The normalized spacial score (nSPS) is 21.2. The van der Waals surface area contributed by atoms with Crippen LogP contribution in [0.2, 0.25) is 0 Å². The SMILES string of the molecule is CC1CC(C(=O)O)CN(c2ccnc(Cc3ccccc3)n2)C1. The van der Waals surface area contributed by atoms with Gasteiger partial charge in [0.2, 0.25) is 0 Å². The first-order valence-electron chi connectivity index (χ1n) is 7.95. The van der Waals surface area contributed by atoms with Crippen molar-refractivity contribution in [3.05, 3.63) is 54.0 Å². The van der Waals surface area contributed by atoms with Crippen LogP contribution < -0.4 is 4.90 Å². The van der Waals surface area contributed by atoms with Crippen LogP contribution in [0, 0.1) is 11.8 Å². The number of carbonyl (C=O) groups is 1. The van der Waals surface area contributed by atoms with Gasteiger partial charge in [-0.2, -0.15) is 0 Å². The molecule has 1 saturated heterocycles. The first-order valence-corrected chi connectivity index (χ1v) is 7.95. The van der Waals surface area contributed by atoms with Gasteiger partial charge in [0.15, 0.2) is 0 Å². The lowest BCUT2D eigenvalue weighted by atomic mass is 9.90. The number of hydrogen-bond donors (Lipinski definition) is 1. The Hall–Kier alpha value is -2.43. The topological polar surface area (TPSA) is 66.3 Å². The van der Waals surface area contributed by atoms with Crippen LogP contribution in [-0.4, -0.2) is 34.1 Å². The number of benzene rings is 1. The molecule has 1 N–H and O–H groups in total. The van der Waals surface area contributed by atoms with Gasteiger partial charge >= 0.3 is 5.97 Å². The lowest BCUT2D eigenvalue weighted by Crippen LogP contribution is -2.43. The monoisotopic (exact) mass is 311 g/mol. The van der Waals surface area contributed by atoms with Crippen LogP contribution in [0.25, 0.3) is 0 Å². The van der Waals surface area contributed by atoms with Crippen LogP contribution in [0.4, 0.5) is 5.82 Å². The van der Waals surface area contributed by atoms with Crippen LogP contribution in [0.15, 0.2) is 42.6 Å². The van der Waals surface area contributed by atoms with E-state index >= 15 is 0 Å². The first kappa shape index (κ1) is 15.5. The molecule has 5 nitrogen and oxygen atoms in total. The van der Waals surface area contributed by atoms with Crippen molar-refractivity contribution in [3.8, 4) is 0 Å². The van der Waals surface area contributed by atoms with Crippen LogP contribution in [0.5, 0.6) is 0 Å². The van der Waals surface area contributed by atoms with E-state index in [1.165, 1.54) is 5.56 Å². The Bertz CT molecular complexity index is 675. The molecule has 1 fully saturated rings. The number of aromatic nitrogens is 2. The predicted molar refractivity (Wildman–Crippen MR) is 88.4 cm³/mol. The molecule has 0 saturated carbocycles. The fraction of sp³-hybridized carbons (Fsp3) is 0.389. The average molecular weight is 311 g/mol. The average Bonchev–Trinajstić information content (AvgIpc) is 2.55. The summed E-state index contributed by atoms with van der Waals surface area (Å²) in [6.07, 6.45) is 3.17. The van der Waals surface area contributed by atoms with Gasteiger partial charge in [0.25, 0.3) is 0 Å². The number of rotatable bonds is 4. The molecule has 1 aromatic carbocycles. The Morgan fingerprint density at radius 3 is 2.78 bits per heavy atom. The molecule has 0 radical (unpaired) electrons. The van der Waals surface area contributed by atoms with Crippen molar-refractivity contribution in [2.45, 2.75) is 19.8 Å². The second kappa shape index (κ2) is 6.77. The van der Waals surface area contributed by atoms with Crippen molar-refractivity contribution in [2.75, 3.05) is 18.0 Å². The van der Waals surface area contributed by atoms with Crippen molar-refractivity contribution in [1.82, 2.24) is 9.97 Å². The molecule has 0 amide bonds. The fourth-order valence-corrected chi connectivity index (χ4v) is 3.15. The minimum atomic E-state index is -0.722. The van der Waals surface area contributed by atoms with Gasteiger partial charge < -0.3 is 10.0 Å². The van der Waals surface area contributed by atoms with Crippen molar-refractivity contribution in [2.24, 2.45) is 11.8 Å². The third-order valence-electron chi connectivity index (χ3n) is 4.23. The second-order valence-corrected chi connectivity index (χ2v) is 6.27. The van der Waals surface area contributed by atoms with Gasteiger partial charge in [0.05, 0.1) is 5.92 Å². The van der Waals surface area contributed by atoms with Crippen LogP contribution in [-0.2, 0) is 11.2 Å². The highest BCUT2D eigenvalue weighted by Gasteiger charge is 2.30. The smallest absolute Gasteiger partial charge is 0.308 e. The second-order valence-electron chi connectivity index (χ2n) is 6.27. The van der Waals surface area contributed by atoms with Crippen molar-refractivity contribution < 1.29 is 9.90 Å². The number of nitrogens with zero attached hydrogens (tertiary/aromatic N) is 3. The number of carboxylic acid groups (broad SMARTS) is 1. The maximum absolute atomic E-state index is 11.3. The molecule has 2 heterocycles. The standard InChI is InChI=1S/C18H21N3O2/c1-13-9-15(18(22)23)12-21(11-13)17-7-8-19-16(20-17)10-14-5-3-2-4-6-14/h2-8,13,15H,9-12H2,1H3,(H,22,23). The Kier molecular flexibility index (Phi) is 4.55. The molecule has 1 aliphatic rings. The van der Waals surface area contributed by atoms with Crippen LogP contribution >= 0.6 is 0 Å². The highest BCUT2D eigenvalue weighted by molar-refractivity contribution is 5.71. The molecular formula is C18H21N3O2. The summed E-state index contributed by atoms with van der Waals surface area (Å²) in [5, 5.41) is 9.31. The van der Waals surface area contributed by atoms with E-state index < -0.39 is 5.97 Å². The van der Waals surface area contributed by atoms with Gasteiger partial charge in [-0.1, -0.05) is 37.3 Å². The number of piperidine rings is 1. The Morgan fingerprint density at radius 2 is 2.04 bits per heavy atom. The van der Waals surface area contributed by atoms with Gasteiger partial charge in [-0.25, -0.2) is 9.97 Å². The zero-order chi connectivity index (χ0) is 16.2. The summed E-state index contributed by atoms with van der Waals surface area (Å²) in [4.78, 5) is 22.4. The van der Waals surface area contributed by atoms with E-state index in [0.717, 1.165) is 24.6 Å². The van der Waals surface area contributed by atoms with Crippen molar-refractivity contribution in [1.29, 1.82) is 0 Å². The Labute approximate surface area is 136 Å². The van der Waals surface area contributed by atoms with Gasteiger partial charge in [0, 0.05) is 25.7 Å². The molecule has 120 valence electrons. The van der Waals surface area contributed by atoms with Gasteiger partial charge in [-0.15, -0.1) is 0 Å². The molecule has 0 spiro atoms. The van der Waals surface area contributed by atoms with E-state index in [-0.39, 0.29) is 5.92 Å².